The van der Waals surface area contributed by atoms with Crippen molar-refractivity contribution in [2.45, 2.75) is 98.3 Å². The van der Waals surface area contributed by atoms with Gasteiger partial charge in [-0.25, -0.2) is 4.98 Å². The molecule has 1 aliphatic rings. The molecule has 1 saturated heterocycles. The number of carbonyl (C=O) groups is 1. The number of hydrogen-bond acceptors (Lipinski definition) is 5. The maximum atomic E-state index is 11.9. The van der Waals surface area contributed by atoms with Crippen LogP contribution in [0.25, 0.3) is 11.0 Å². The molecule has 2 heterocycles. The molecule has 0 aliphatic carbocycles. The maximum absolute atomic E-state index is 11.9. The first-order chi connectivity index (χ1) is 17.2. The SMILES string of the molecule is CCC(C)n1c(=NC)c(CCCCCNC(=O)CC(C)C)nc2cc(N3C[C@@H](C)O[C@@H](C)C3)ccc21. The Morgan fingerprint density at radius 3 is 2.53 bits per heavy atom. The van der Waals surface area contributed by atoms with Crippen LogP contribution in [0.1, 0.15) is 85.4 Å². The summed E-state index contributed by atoms with van der Waals surface area (Å²) in [6.07, 6.45) is 6.01. The third-order valence-electron chi connectivity index (χ3n) is 6.99. The second-order valence-corrected chi connectivity index (χ2v) is 10.8. The molecule has 1 unspecified atom stereocenters. The average molecular weight is 498 g/mol. The van der Waals surface area contributed by atoms with Crippen molar-refractivity contribution >= 4 is 22.6 Å². The molecule has 1 amide bonds. The van der Waals surface area contributed by atoms with Crippen molar-refractivity contribution in [3.05, 3.63) is 29.4 Å². The monoisotopic (exact) mass is 497 g/mol. The first-order valence-electron chi connectivity index (χ1n) is 13.9. The molecule has 1 aliphatic heterocycles. The van der Waals surface area contributed by atoms with Crippen LogP contribution in [0.4, 0.5) is 5.69 Å². The first kappa shape index (κ1) is 28.2. The van der Waals surface area contributed by atoms with Gasteiger partial charge in [0.05, 0.1) is 28.9 Å². The van der Waals surface area contributed by atoms with E-state index in [1.807, 2.05) is 7.05 Å². The predicted molar refractivity (Wildman–Crippen MR) is 148 cm³/mol. The average Bonchev–Trinajstić information content (AvgIpc) is 2.83. The van der Waals surface area contributed by atoms with Gasteiger partial charge < -0.3 is 19.5 Å². The second kappa shape index (κ2) is 13.2. The van der Waals surface area contributed by atoms with Gasteiger partial charge in [0.2, 0.25) is 5.91 Å². The number of carbonyl (C=O) groups excluding carboxylic acids is 1. The number of rotatable bonds is 11. The van der Waals surface area contributed by atoms with Gasteiger partial charge in [-0.1, -0.05) is 27.2 Å². The zero-order valence-electron chi connectivity index (χ0n) is 23.5. The number of ether oxygens (including phenoxy) is 1. The van der Waals surface area contributed by atoms with E-state index in [1.54, 1.807) is 0 Å². The number of nitrogens with one attached hydrogen (secondary N) is 1. The third-order valence-corrected chi connectivity index (χ3v) is 6.99. The number of unbranched alkanes of at least 4 members (excludes halogenated alkanes) is 2. The van der Waals surface area contributed by atoms with Gasteiger partial charge in [0.15, 0.2) is 0 Å². The Balaban J connectivity index is 1.80. The summed E-state index contributed by atoms with van der Waals surface area (Å²) in [7, 11) is 1.88. The lowest BCUT2D eigenvalue weighted by molar-refractivity contribution is -0.121. The number of aryl methyl sites for hydroxylation is 1. The lowest BCUT2D eigenvalue weighted by Crippen LogP contribution is -2.45. The Labute approximate surface area is 217 Å². The van der Waals surface area contributed by atoms with Gasteiger partial charge in [-0.2, -0.15) is 0 Å². The molecule has 2 aromatic rings. The van der Waals surface area contributed by atoms with Crippen molar-refractivity contribution in [1.29, 1.82) is 0 Å². The van der Waals surface area contributed by atoms with Crippen molar-refractivity contribution in [1.82, 2.24) is 14.9 Å². The summed E-state index contributed by atoms with van der Waals surface area (Å²) in [5, 5.41) is 3.04. The Bertz CT molecular complexity index is 1070. The number of aromatic nitrogens is 2. The molecule has 7 heteroatoms. The second-order valence-electron chi connectivity index (χ2n) is 10.8. The van der Waals surface area contributed by atoms with Crippen LogP contribution in [-0.2, 0) is 16.0 Å². The Kier molecular flexibility index (Phi) is 10.3. The van der Waals surface area contributed by atoms with Gasteiger partial charge in [-0.05, 0) is 70.6 Å². The smallest absolute Gasteiger partial charge is 0.220 e. The highest BCUT2D eigenvalue weighted by Crippen LogP contribution is 2.26. The standard InChI is InChI=1S/C29H47N5O2/c1-8-21(4)34-27-14-13-24(33-18-22(5)36-23(6)19-33)17-26(27)32-25(29(34)30-7)12-10-9-11-15-31-28(35)16-20(2)3/h13-14,17,20-23H,8-12,15-16,18-19H2,1-7H3,(H,31,35)/t21?,22-,23+. The number of nitrogens with zero attached hydrogens (tertiary/aromatic N) is 4. The van der Waals surface area contributed by atoms with Crippen molar-refractivity contribution < 1.29 is 9.53 Å². The highest BCUT2D eigenvalue weighted by Gasteiger charge is 2.23. The van der Waals surface area contributed by atoms with E-state index in [0.29, 0.717) is 18.4 Å². The molecular formula is C29H47N5O2. The van der Waals surface area contributed by atoms with E-state index in [0.717, 1.165) is 74.0 Å². The molecule has 1 fully saturated rings. The summed E-state index contributed by atoms with van der Waals surface area (Å²) in [6.45, 7) is 15.4. The number of morpholine rings is 1. The predicted octanol–water partition coefficient (Wildman–Crippen LogP) is 5.03. The number of benzene rings is 1. The van der Waals surface area contributed by atoms with Gasteiger partial charge in [0, 0.05) is 44.8 Å². The van der Waals surface area contributed by atoms with Crippen LogP contribution in [0.5, 0.6) is 0 Å². The quantitative estimate of drug-likeness (QED) is 0.442. The van der Waals surface area contributed by atoms with Crippen LogP contribution >= 0.6 is 0 Å². The molecular weight excluding hydrogens is 450 g/mol. The lowest BCUT2D eigenvalue weighted by Gasteiger charge is -2.37. The molecule has 7 nitrogen and oxygen atoms in total. The molecule has 0 spiro atoms. The van der Waals surface area contributed by atoms with Crippen molar-refractivity contribution in [3.8, 4) is 0 Å². The van der Waals surface area contributed by atoms with E-state index in [4.69, 9.17) is 14.7 Å². The van der Waals surface area contributed by atoms with E-state index in [9.17, 15) is 4.79 Å². The summed E-state index contributed by atoms with van der Waals surface area (Å²) in [4.78, 5) is 24.1. The first-order valence-corrected chi connectivity index (χ1v) is 13.9. The van der Waals surface area contributed by atoms with Gasteiger partial charge in [-0.3, -0.25) is 9.79 Å². The minimum absolute atomic E-state index is 0.155. The minimum atomic E-state index is 0.155. The lowest BCUT2D eigenvalue weighted by atomic mass is 10.1. The molecule has 0 bridgehead atoms. The van der Waals surface area contributed by atoms with Crippen LogP contribution in [0.15, 0.2) is 23.2 Å². The highest BCUT2D eigenvalue weighted by atomic mass is 16.5. The largest absolute Gasteiger partial charge is 0.372 e. The topological polar surface area (TPSA) is 71.8 Å². The van der Waals surface area contributed by atoms with Crippen LogP contribution < -0.4 is 15.7 Å². The third kappa shape index (κ3) is 7.31. The van der Waals surface area contributed by atoms with E-state index >= 15 is 0 Å². The van der Waals surface area contributed by atoms with E-state index < -0.39 is 0 Å². The molecule has 200 valence electrons. The highest BCUT2D eigenvalue weighted by molar-refractivity contribution is 5.80. The Morgan fingerprint density at radius 1 is 1.17 bits per heavy atom. The fourth-order valence-electron chi connectivity index (χ4n) is 5.14. The Hall–Kier alpha value is -2.41. The van der Waals surface area contributed by atoms with E-state index in [-0.39, 0.29) is 18.1 Å². The number of hydrogen-bond donors (Lipinski definition) is 1. The Morgan fingerprint density at radius 2 is 1.89 bits per heavy atom. The minimum Gasteiger partial charge on any atom is -0.372 e. The van der Waals surface area contributed by atoms with Crippen molar-refractivity contribution in [2.24, 2.45) is 10.9 Å². The molecule has 3 atom stereocenters. The molecule has 36 heavy (non-hydrogen) atoms. The fraction of sp³-hybridized carbons (Fsp3) is 0.690. The fourth-order valence-corrected chi connectivity index (χ4v) is 5.14. The molecule has 3 rings (SSSR count). The number of anilines is 1. The summed E-state index contributed by atoms with van der Waals surface area (Å²) in [6, 6.07) is 7.01. The number of fused-ring (bicyclic) bond motifs is 1. The van der Waals surface area contributed by atoms with Crippen molar-refractivity contribution in [3.63, 3.8) is 0 Å². The summed E-state index contributed by atoms with van der Waals surface area (Å²) >= 11 is 0. The molecule has 1 aromatic heterocycles. The maximum Gasteiger partial charge on any atom is 0.220 e. The van der Waals surface area contributed by atoms with E-state index in [1.165, 1.54) is 5.69 Å². The van der Waals surface area contributed by atoms with Crippen LogP contribution in [0, 0.1) is 5.92 Å². The zero-order valence-corrected chi connectivity index (χ0v) is 23.5. The normalized spacial score (nSPS) is 19.8. The molecule has 1 aromatic carbocycles. The zero-order chi connectivity index (χ0) is 26.2. The van der Waals surface area contributed by atoms with Gasteiger partial charge in [0.25, 0.3) is 0 Å². The summed E-state index contributed by atoms with van der Waals surface area (Å²) < 4.78 is 8.32. The van der Waals surface area contributed by atoms with E-state index in [2.05, 4.69) is 74.5 Å². The van der Waals surface area contributed by atoms with Gasteiger partial charge >= 0.3 is 0 Å². The van der Waals surface area contributed by atoms with Crippen LogP contribution in [-0.4, -0.2) is 54.3 Å². The molecule has 0 radical (unpaired) electrons. The van der Waals surface area contributed by atoms with Crippen LogP contribution in [0.3, 0.4) is 0 Å². The summed E-state index contributed by atoms with van der Waals surface area (Å²) in [5.74, 6) is 0.552. The van der Waals surface area contributed by atoms with Crippen LogP contribution in [0.2, 0.25) is 0 Å². The number of amides is 1. The summed E-state index contributed by atoms with van der Waals surface area (Å²) in [5.41, 5.74) is 5.43. The molecule has 0 saturated carbocycles. The van der Waals surface area contributed by atoms with Gasteiger partial charge in [-0.15, -0.1) is 0 Å². The van der Waals surface area contributed by atoms with Crippen molar-refractivity contribution in [2.75, 3.05) is 31.6 Å². The van der Waals surface area contributed by atoms with Gasteiger partial charge in [0.1, 0.15) is 5.49 Å². The molecule has 1 N–H and O–H groups in total.